The minimum absolute atomic E-state index is 0.0831. The molecule has 7 nitrogen and oxygen atoms in total. The molecule has 2 aromatic rings. The summed E-state index contributed by atoms with van der Waals surface area (Å²) < 4.78 is 2.21. The lowest BCUT2D eigenvalue weighted by molar-refractivity contribution is -0.134. The van der Waals surface area contributed by atoms with Crippen LogP contribution in [0.5, 0.6) is 0 Å². The molecule has 2 N–H and O–H groups in total. The van der Waals surface area contributed by atoms with Crippen LogP contribution in [0.25, 0.3) is 0 Å². The molecule has 7 heteroatoms. The minimum Gasteiger partial charge on any atom is -0.341 e. The second-order valence-electron chi connectivity index (χ2n) is 7.06. The highest BCUT2D eigenvalue weighted by atomic mass is 16.2. The smallest absolute Gasteiger partial charge is 0.241 e. The van der Waals surface area contributed by atoms with Gasteiger partial charge in [0.25, 0.3) is 0 Å². The van der Waals surface area contributed by atoms with E-state index in [4.69, 9.17) is 0 Å². The van der Waals surface area contributed by atoms with Crippen LogP contribution < -0.4 is 10.9 Å². The summed E-state index contributed by atoms with van der Waals surface area (Å²) in [6.45, 7) is 4.68. The van der Waals surface area contributed by atoms with Gasteiger partial charge < -0.3 is 9.47 Å². The molecule has 2 atom stereocenters. The predicted molar refractivity (Wildman–Crippen MR) is 98.1 cm³/mol. The van der Waals surface area contributed by atoms with Gasteiger partial charge in [-0.25, -0.2) is 15.8 Å². The van der Waals surface area contributed by atoms with E-state index in [1.807, 2.05) is 35.5 Å². The molecule has 0 aliphatic carbocycles. The first-order chi connectivity index (χ1) is 12.8. The molecular formula is C19H26N6O. The molecule has 26 heavy (non-hydrogen) atoms. The number of likely N-dealkylation sites (tertiary alicyclic amines) is 1. The molecule has 4 rings (SSSR count). The van der Waals surface area contributed by atoms with Gasteiger partial charge in [-0.05, 0) is 38.3 Å². The Morgan fingerprint density at radius 1 is 1.19 bits per heavy atom. The number of aryl methyl sites for hydroxylation is 1. The quantitative estimate of drug-likeness (QED) is 0.873. The van der Waals surface area contributed by atoms with Crippen LogP contribution in [-0.4, -0.2) is 44.5 Å². The largest absolute Gasteiger partial charge is 0.341 e. The Morgan fingerprint density at radius 2 is 2.04 bits per heavy atom. The van der Waals surface area contributed by atoms with E-state index in [1.165, 1.54) is 0 Å². The number of carbonyl (C=O) groups excluding carboxylic acids is 1. The van der Waals surface area contributed by atoms with E-state index in [-0.39, 0.29) is 18.0 Å². The van der Waals surface area contributed by atoms with E-state index >= 15 is 0 Å². The van der Waals surface area contributed by atoms with E-state index < -0.39 is 0 Å². The van der Waals surface area contributed by atoms with E-state index in [0.29, 0.717) is 5.92 Å². The van der Waals surface area contributed by atoms with Crippen LogP contribution in [0.15, 0.2) is 36.8 Å². The van der Waals surface area contributed by atoms with Gasteiger partial charge >= 0.3 is 0 Å². The highest BCUT2D eigenvalue weighted by Crippen LogP contribution is 2.28. The zero-order chi connectivity index (χ0) is 17.9. The normalized spacial score (nSPS) is 24.1. The van der Waals surface area contributed by atoms with E-state index in [9.17, 15) is 4.79 Å². The number of imidazole rings is 1. The van der Waals surface area contributed by atoms with Gasteiger partial charge in [0, 0.05) is 44.1 Å². The summed E-state index contributed by atoms with van der Waals surface area (Å²) in [6.07, 6.45) is 8.40. The number of hydrogen-bond donors (Lipinski definition) is 2. The summed E-state index contributed by atoms with van der Waals surface area (Å²) in [5.74, 6) is 1.80. The number of hydrazine groups is 1. The van der Waals surface area contributed by atoms with Crippen LogP contribution in [0.3, 0.4) is 0 Å². The summed E-state index contributed by atoms with van der Waals surface area (Å²) >= 11 is 0. The molecule has 1 amide bonds. The zero-order valence-corrected chi connectivity index (χ0v) is 15.1. The summed E-state index contributed by atoms with van der Waals surface area (Å²) in [5.41, 5.74) is 7.35. The second kappa shape index (κ2) is 7.55. The summed E-state index contributed by atoms with van der Waals surface area (Å²) in [6, 6.07) is 5.77. The molecule has 2 aliphatic rings. The molecule has 2 aromatic heterocycles. The molecule has 2 aliphatic heterocycles. The van der Waals surface area contributed by atoms with Crippen LogP contribution in [0.2, 0.25) is 0 Å². The lowest BCUT2D eigenvalue weighted by atomic mass is 9.95. The highest BCUT2D eigenvalue weighted by molar-refractivity contribution is 5.82. The molecule has 0 bridgehead atoms. The van der Waals surface area contributed by atoms with Crippen LogP contribution in [0.4, 0.5) is 0 Å². The monoisotopic (exact) mass is 354 g/mol. The van der Waals surface area contributed by atoms with Gasteiger partial charge in [0.1, 0.15) is 11.9 Å². The fraction of sp³-hybridized carbons (Fsp3) is 0.526. The molecule has 0 aromatic carbocycles. The Bertz CT molecular complexity index is 737. The number of rotatable bonds is 4. The number of nitrogens with one attached hydrogen (secondary N) is 2. The van der Waals surface area contributed by atoms with Crippen molar-refractivity contribution in [3.63, 3.8) is 0 Å². The number of nitrogens with zero attached hydrogens (tertiary/aromatic N) is 4. The van der Waals surface area contributed by atoms with Crippen molar-refractivity contribution in [2.24, 2.45) is 0 Å². The second-order valence-corrected chi connectivity index (χ2v) is 7.06. The number of carbonyl (C=O) groups is 1. The van der Waals surface area contributed by atoms with Crippen molar-refractivity contribution >= 4 is 5.91 Å². The predicted octanol–water partition coefficient (Wildman–Crippen LogP) is 1.61. The molecule has 2 unspecified atom stereocenters. The van der Waals surface area contributed by atoms with E-state index in [2.05, 4.69) is 32.3 Å². The molecule has 4 heterocycles. The highest BCUT2D eigenvalue weighted by Gasteiger charge is 2.35. The van der Waals surface area contributed by atoms with E-state index in [1.54, 1.807) is 6.20 Å². The number of pyridine rings is 1. The Kier molecular flexibility index (Phi) is 4.99. The maximum atomic E-state index is 12.9. The Hall–Kier alpha value is -2.25. The van der Waals surface area contributed by atoms with Gasteiger partial charge in [-0.2, -0.15) is 0 Å². The molecule has 138 valence electrons. The van der Waals surface area contributed by atoms with Gasteiger partial charge in [-0.3, -0.25) is 9.78 Å². The average molecular weight is 354 g/mol. The standard InChI is InChI=1S/C19H26N6O/c1-2-24-12-9-21-18(24)14-6-10-25(11-7-14)19(26)17-13-16(22-23-17)15-5-3-4-8-20-15/h3-5,8-9,12,14,16-17,22-23H,2,6-7,10-11,13H2,1H3. The summed E-state index contributed by atoms with van der Waals surface area (Å²) in [4.78, 5) is 23.8. The van der Waals surface area contributed by atoms with Crippen LogP contribution >= 0.6 is 0 Å². The van der Waals surface area contributed by atoms with Crippen LogP contribution in [0.1, 0.15) is 49.7 Å². The van der Waals surface area contributed by atoms with Crippen molar-refractivity contribution in [2.75, 3.05) is 13.1 Å². The third-order valence-corrected chi connectivity index (χ3v) is 5.51. The number of aromatic nitrogens is 3. The molecule has 2 saturated heterocycles. The van der Waals surface area contributed by atoms with Crippen molar-refractivity contribution in [2.45, 2.75) is 50.7 Å². The van der Waals surface area contributed by atoms with Gasteiger partial charge in [0.05, 0.1) is 11.7 Å². The Balaban J connectivity index is 1.33. The van der Waals surface area contributed by atoms with E-state index in [0.717, 1.165) is 50.4 Å². The lowest BCUT2D eigenvalue weighted by Gasteiger charge is -2.33. The number of amides is 1. The molecule has 2 fully saturated rings. The first-order valence-electron chi connectivity index (χ1n) is 9.48. The first-order valence-corrected chi connectivity index (χ1v) is 9.48. The van der Waals surface area contributed by atoms with Crippen molar-refractivity contribution < 1.29 is 4.79 Å². The Labute approximate surface area is 153 Å². The Morgan fingerprint density at radius 3 is 2.77 bits per heavy atom. The van der Waals surface area contributed by atoms with Crippen molar-refractivity contribution in [1.82, 2.24) is 30.3 Å². The maximum Gasteiger partial charge on any atom is 0.241 e. The minimum atomic E-state index is -0.184. The summed E-state index contributed by atoms with van der Waals surface area (Å²) in [5, 5.41) is 0. The maximum absolute atomic E-state index is 12.9. The topological polar surface area (TPSA) is 75.1 Å². The SMILES string of the molecule is CCn1ccnc1C1CCN(C(=O)C2CC(c3ccccn3)NN2)CC1. The molecular weight excluding hydrogens is 328 g/mol. The van der Waals surface area contributed by atoms with Gasteiger partial charge in [0.15, 0.2) is 0 Å². The molecule has 0 radical (unpaired) electrons. The number of hydrogen-bond acceptors (Lipinski definition) is 5. The van der Waals surface area contributed by atoms with Crippen LogP contribution in [0, 0.1) is 0 Å². The van der Waals surface area contributed by atoms with Crippen molar-refractivity contribution in [3.8, 4) is 0 Å². The van der Waals surface area contributed by atoms with Crippen LogP contribution in [-0.2, 0) is 11.3 Å². The van der Waals surface area contributed by atoms with Crippen molar-refractivity contribution in [1.29, 1.82) is 0 Å². The van der Waals surface area contributed by atoms with Gasteiger partial charge in [-0.1, -0.05) is 6.07 Å². The average Bonchev–Trinajstić information content (AvgIpc) is 3.38. The third-order valence-electron chi connectivity index (χ3n) is 5.51. The number of piperidine rings is 1. The fourth-order valence-electron chi connectivity index (χ4n) is 4.02. The fourth-order valence-corrected chi connectivity index (χ4v) is 4.02. The molecule has 0 spiro atoms. The zero-order valence-electron chi connectivity index (χ0n) is 15.1. The molecule has 0 saturated carbocycles. The van der Waals surface area contributed by atoms with Gasteiger partial charge in [-0.15, -0.1) is 0 Å². The van der Waals surface area contributed by atoms with Gasteiger partial charge in [0.2, 0.25) is 5.91 Å². The third kappa shape index (κ3) is 3.37. The van der Waals surface area contributed by atoms with Crippen molar-refractivity contribution in [3.05, 3.63) is 48.3 Å². The summed E-state index contributed by atoms with van der Waals surface area (Å²) in [7, 11) is 0. The lowest BCUT2D eigenvalue weighted by Crippen LogP contribution is -2.48. The first kappa shape index (κ1) is 17.2.